The van der Waals surface area contributed by atoms with Crippen LogP contribution in [-0.2, 0) is 0 Å². The Morgan fingerprint density at radius 3 is 2.06 bits per heavy atom. The van der Waals surface area contributed by atoms with E-state index in [1.807, 2.05) is 48.7 Å². The number of benzene rings is 5. The van der Waals surface area contributed by atoms with Crippen molar-refractivity contribution >= 4 is 39.5 Å². The molecule has 5 aromatic carbocycles. The van der Waals surface area contributed by atoms with E-state index in [-0.39, 0.29) is 0 Å². The first-order valence-corrected chi connectivity index (χ1v) is 17.4. The van der Waals surface area contributed by atoms with Crippen molar-refractivity contribution in [3.8, 4) is 12.3 Å². The summed E-state index contributed by atoms with van der Waals surface area (Å²) in [5, 5.41) is 0. The largest absolute Gasteiger partial charge is 0.318 e. The molecule has 1 aliphatic carbocycles. The normalized spacial score (nSPS) is 14.1. The average Bonchev–Trinajstić information content (AvgIpc) is 3.19. The zero-order valence-electron chi connectivity index (χ0n) is 29.8. The van der Waals surface area contributed by atoms with E-state index in [0.717, 1.165) is 68.0 Å². The van der Waals surface area contributed by atoms with E-state index < -0.39 is 0 Å². The molecular weight excluding hydrogens is 629 g/mol. The number of hydrogen-bond donors (Lipinski definition) is 0. The number of hydrogen-bond acceptors (Lipinski definition) is 2. The van der Waals surface area contributed by atoms with Crippen molar-refractivity contribution in [2.24, 2.45) is 4.99 Å². The molecule has 1 aliphatic rings. The monoisotopic (exact) mass is 670 g/mol. The smallest absolute Gasteiger partial charge is 0.0712 e. The molecule has 2 heteroatoms. The molecule has 0 N–H and O–H groups in total. The van der Waals surface area contributed by atoms with Gasteiger partial charge in [-0.1, -0.05) is 159 Å². The zero-order chi connectivity index (χ0) is 36.3. The molecule has 0 fully saturated rings. The van der Waals surface area contributed by atoms with Crippen molar-refractivity contribution in [2.45, 2.75) is 20.3 Å². The average molecular weight is 671 g/mol. The van der Waals surface area contributed by atoms with E-state index in [1.54, 1.807) is 0 Å². The molecule has 0 aromatic heterocycles. The molecule has 0 unspecified atom stereocenters. The van der Waals surface area contributed by atoms with Gasteiger partial charge in [-0.3, -0.25) is 0 Å². The highest BCUT2D eigenvalue weighted by atomic mass is 15.1. The van der Waals surface area contributed by atoms with Crippen LogP contribution < -0.4 is 4.90 Å². The summed E-state index contributed by atoms with van der Waals surface area (Å²) in [7, 11) is 0. The molecule has 0 saturated heterocycles. The fraction of sp³-hybridized carbons (Fsp3) is 0.0600. The quantitative estimate of drug-likeness (QED) is 0.101. The lowest BCUT2D eigenvalue weighted by atomic mass is 9.93. The van der Waals surface area contributed by atoms with Gasteiger partial charge < -0.3 is 4.90 Å². The maximum atomic E-state index is 5.81. The van der Waals surface area contributed by atoms with E-state index in [1.165, 1.54) is 11.1 Å². The Balaban J connectivity index is 1.22. The molecule has 0 aliphatic heterocycles. The van der Waals surface area contributed by atoms with Gasteiger partial charge in [-0.15, -0.1) is 6.42 Å². The van der Waals surface area contributed by atoms with Gasteiger partial charge in [0.05, 0.1) is 11.4 Å². The number of nitrogens with zero attached hydrogens (tertiary/aromatic N) is 2. The van der Waals surface area contributed by atoms with Crippen LogP contribution in [0.25, 0.3) is 22.4 Å². The lowest BCUT2D eigenvalue weighted by Gasteiger charge is -2.22. The van der Waals surface area contributed by atoms with Crippen LogP contribution in [0.3, 0.4) is 0 Å². The summed E-state index contributed by atoms with van der Waals surface area (Å²) in [5.74, 6) is 2.75. The van der Waals surface area contributed by atoms with E-state index in [2.05, 4.69) is 165 Å². The third-order valence-corrected chi connectivity index (χ3v) is 9.07. The minimum Gasteiger partial charge on any atom is -0.318 e. The van der Waals surface area contributed by atoms with Crippen LogP contribution in [0.1, 0.15) is 46.7 Å². The van der Waals surface area contributed by atoms with Crippen LogP contribution >= 0.6 is 0 Å². The van der Waals surface area contributed by atoms with Gasteiger partial charge in [0.1, 0.15) is 0 Å². The van der Waals surface area contributed by atoms with Crippen molar-refractivity contribution < 1.29 is 0 Å². The van der Waals surface area contributed by atoms with Gasteiger partial charge in [-0.05, 0) is 101 Å². The number of aliphatic imine (C=N–C) groups is 1. The predicted octanol–water partition coefficient (Wildman–Crippen LogP) is 12.8. The molecule has 0 amide bonds. The predicted molar refractivity (Wildman–Crippen MR) is 225 cm³/mol. The Bertz CT molecular complexity index is 2280. The van der Waals surface area contributed by atoms with Crippen molar-refractivity contribution in [2.75, 3.05) is 4.90 Å². The highest BCUT2D eigenvalue weighted by Crippen LogP contribution is 2.32. The summed E-state index contributed by atoms with van der Waals surface area (Å²) >= 11 is 0. The van der Waals surface area contributed by atoms with Crippen LogP contribution in [0.4, 0.5) is 11.4 Å². The fourth-order valence-corrected chi connectivity index (χ4v) is 6.24. The number of terminal acetylenes is 1. The fourth-order valence-electron chi connectivity index (χ4n) is 6.24. The van der Waals surface area contributed by atoms with Crippen molar-refractivity contribution in [1.82, 2.24) is 0 Å². The second-order valence-corrected chi connectivity index (χ2v) is 12.7. The van der Waals surface area contributed by atoms with Gasteiger partial charge in [0.2, 0.25) is 0 Å². The summed E-state index contributed by atoms with van der Waals surface area (Å²) in [6, 6.07) is 45.8. The standard InChI is InChI=1S/C50H42N2/c1-6-17-46(44-30-32-48(33-31-44)52(7-2)50-25-15-14-18-37(50)3)35-40-19-16-24-47(36-40)43-28-26-42(27-29-43)39(5)51-49(45-22-12-9-13-23-45)34-38(4)41-20-10-8-11-21-41/h1,7-18,20-36H,2,5,19H2,3-4H3/b38-34+,40-35+,46-17+,51-49+. The lowest BCUT2D eigenvalue weighted by Crippen LogP contribution is -2.09. The minimum atomic E-state index is 0.710. The highest BCUT2D eigenvalue weighted by molar-refractivity contribution is 6.14. The molecule has 0 atom stereocenters. The zero-order valence-corrected chi connectivity index (χ0v) is 29.8. The Morgan fingerprint density at radius 1 is 0.769 bits per heavy atom. The second kappa shape index (κ2) is 16.8. The van der Waals surface area contributed by atoms with E-state index >= 15 is 0 Å². The topological polar surface area (TPSA) is 15.6 Å². The molecule has 0 bridgehead atoms. The lowest BCUT2D eigenvalue weighted by molar-refractivity contribution is 1.25. The van der Waals surface area contributed by atoms with Crippen molar-refractivity contribution in [3.63, 3.8) is 0 Å². The van der Waals surface area contributed by atoms with Crippen LogP contribution in [0.2, 0.25) is 0 Å². The van der Waals surface area contributed by atoms with E-state index in [9.17, 15) is 0 Å². The van der Waals surface area contributed by atoms with Gasteiger partial charge in [0, 0.05) is 23.1 Å². The SMILES string of the molecule is C#C/C=C(\C=C1\C=C(c2ccc(C(=C)/N=C(\C=C(/C)c3ccccc3)c3ccccc3)cc2)C=CC1)c1ccc(N(C=C)c2ccccc2C)cc1. The molecule has 0 radical (unpaired) electrons. The molecule has 52 heavy (non-hydrogen) atoms. The third kappa shape index (κ3) is 8.53. The van der Waals surface area contributed by atoms with Crippen LogP contribution in [0.15, 0.2) is 200 Å². The minimum absolute atomic E-state index is 0.710. The third-order valence-electron chi connectivity index (χ3n) is 9.07. The Morgan fingerprint density at radius 2 is 1.40 bits per heavy atom. The Hall–Kier alpha value is -6.69. The highest BCUT2D eigenvalue weighted by Gasteiger charge is 2.11. The first-order chi connectivity index (χ1) is 25.4. The van der Waals surface area contributed by atoms with Gasteiger partial charge in [0.25, 0.3) is 0 Å². The van der Waals surface area contributed by atoms with Crippen LogP contribution in [0, 0.1) is 19.3 Å². The van der Waals surface area contributed by atoms with Crippen molar-refractivity contribution in [1.29, 1.82) is 0 Å². The summed E-state index contributed by atoms with van der Waals surface area (Å²) < 4.78 is 0. The maximum absolute atomic E-state index is 5.81. The number of allylic oxidation sites excluding steroid dienone is 10. The van der Waals surface area contributed by atoms with Gasteiger partial charge in [-0.25, -0.2) is 4.99 Å². The summed E-state index contributed by atoms with van der Waals surface area (Å²) in [5.41, 5.74) is 14.7. The summed E-state index contributed by atoms with van der Waals surface area (Å²) in [6.45, 7) is 12.6. The molecular formula is C50H42N2. The number of aryl methyl sites for hydroxylation is 1. The molecule has 0 heterocycles. The van der Waals surface area contributed by atoms with Gasteiger partial charge in [-0.2, -0.15) is 0 Å². The molecule has 5 aromatic rings. The van der Waals surface area contributed by atoms with Crippen LogP contribution in [-0.4, -0.2) is 5.71 Å². The molecule has 2 nitrogen and oxygen atoms in total. The first-order valence-electron chi connectivity index (χ1n) is 17.4. The van der Waals surface area contributed by atoms with Gasteiger partial charge in [0.15, 0.2) is 0 Å². The summed E-state index contributed by atoms with van der Waals surface area (Å²) in [4.78, 5) is 7.13. The molecule has 0 spiro atoms. The molecule has 6 rings (SSSR count). The van der Waals surface area contributed by atoms with Gasteiger partial charge >= 0.3 is 0 Å². The van der Waals surface area contributed by atoms with Crippen LogP contribution in [0.5, 0.6) is 0 Å². The molecule has 0 saturated carbocycles. The number of para-hydroxylation sites is 1. The first kappa shape index (κ1) is 35.1. The molecule has 252 valence electrons. The van der Waals surface area contributed by atoms with Crippen molar-refractivity contribution in [3.05, 3.63) is 228 Å². The Kier molecular flexibility index (Phi) is 11.4. The second-order valence-electron chi connectivity index (χ2n) is 12.7. The number of rotatable bonds is 11. The van der Waals surface area contributed by atoms with E-state index in [4.69, 9.17) is 11.4 Å². The van der Waals surface area contributed by atoms with E-state index in [0.29, 0.717) is 5.70 Å². The Labute approximate surface area is 309 Å². The summed E-state index contributed by atoms with van der Waals surface area (Å²) in [6.07, 6.45) is 21.3. The number of anilines is 2. The maximum Gasteiger partial charge on any atom is 0.0712 e.